The molecular formula is C16H15ClN2. The first-order valence-electron chi connectivity index (χ1n) is 6.17. The summed E-state index contributed by atoms with van der Waals surface area (Å²) >= 11 is 5.86. The minimum atomic E-state index is -0.340. The van der Waals surface area contributed by atoms with Crippen molar-refractivity contribution in [1.82, 2.24) is 5.32 Å². The fraction of sp³-hybridized carbons (Fsp3) is 0.188. The molecule has 2 nitrogen and oxygen atoms in total. The van der Waals surface area contributed by atoms with Crippen LogP contribution in [0.3, 0.4) is 0 Å². The van der Waals surface area contributed by atoms with Crippen LogP contribution >= 0.6 is 11.6 Å². The van der Waals surface area contributed by atoms with Crippen LogP contribution in [0.15, 0.2) is 54.6 Å². The van der Waals surface area contributed by atoms with Crippen LogP contribution in [0.25, 0.3) is 0 Å². The Hall–Kier alpha value is -1.82. The second-order valence-electron chi connectivity index (χ2n) is 4.41. The molecule has 0 aliphatic heterocycles. The largest absolute Gasteiger partial charge is 0.292 e. The standard InChI is InChI=1S/C16H15ClN2/c1-12(13-5-3-2-4-6-13)19-16(11-18)14-7-9-15(17)10-8-14/h2-10,12,16,19H,1H3. The average molecular weight is 271 g/mol. The van der Waals surface area contributed by atoms with E-state index in [-0.39, 0.29) is 12.1 Å². The fourth-order valence-electron chi connectivity index (χ4n) is 1.95. The van der Waals surface area contributed by atoms with Crippen LogP contribution in [-0.4, -0.2) is 0 Å². The zero-order valence-corrected chi connectivity index (χ0v) is 11.4. The van der Waals surface area contributed by atoms with Crippen molar-refractivity contribution < 1.29 is 0 Å². The van der Waals surface area contributed by atoms with E-state index >= 15 is 0 Å². The molecule has 0 saturated carbocycles. The second kappa shape index (κ2) is 6.38. The Morgan fingerprint density at radius 3 is 2.21 bits per heavy atom. The first-order chi connectivity index (χ1) is 9.20. The van der Waals surface area contributed by atoms with Crippen LogP contribution in [0.2, 0.25) is 5.02 Å². The van der Waals surface area contributed by atoms with Crippen molar-refractivity contribution in [1.29, 1.82) is 5.26 Å². The maximum atomic E-state index is 9.30. The summed E-state index contributed by atoms with van der Waals surface area (Å²) in [4.78, 5) is 0. The molecule has 2 unspecified atom stereocenters. The molecule has 0 aliphatic carbocycles. The van der Waals surface area contributed by atoms with Gasteiger partial charge in [-0.15, -0.1) is 0 Å². The Morgan fingerprint density at radius 1 is 1.00 bits per heavy atom. The van der Waals surface area contributed by atoms with Gasteiger partial charge in [0, 0.05) is 11.1 Å². The lowest BCUT2D eigenvalue weighted by Gasteiger charge is -2.19. The summed E-state index contributed by atoms with van der Waals surface area (Å²) in [6.07, 6.45) is 0. The van der Waals surface area contributed by atoms with Crippen molar-refractivity contribution in [3.05, 3.63) is 70.7 Å². The molecule has 2 aromatic rings. The summed E-state index contributed by atoms with van der Waals surface area (Å²) in [5.74, 6) is 0. The van der Waals surface area contributed by atoms with Crippen molar-refractivity contribution in [2.75, 3.05) is 0 Å². The molecule has 96 valence electrons. The van der Waals surface area contributed by atoms with Crippen molar-refractivity contribution >= 4 is 11.6 Å². The van der Waals surface area contributed by atoms with E-state index in [4.69, 9.17) is 11.6 Å². The molecule has 3 heteroatoms. The molecule has 0 aromatic heterocycles. The number of rotatable bonds is 4. The number of hydrogen-bond acceptors (Lipinski definition) is 2. The molecule has 2 rings (SSSR count). The molecule has 0 radical (unpaired) electrons. The highest BCUT2D eigenvalue weighted by atomic mass is 35.5. The molecule has 0 amide bonds. The predicted molar refractivity (Wildman–Crippen MR) is 77.8 cm³/mol. The van der Waals surface area contributed by atoms with Gasteiger partial charge in [-0.1, -0.05) is 54.1 Å². The van der Waals surface area contributed by atoms with Gasteiger partial charge in [-0.25, -0.2) is 0 Å². The van der Waals surface area contributed by atoms with E-state index in [0.717, 1.165) is 11.1 Å². The molecule has 0 spiro atoms. The fourth-order valence-corrected chi connectivity index (χ4v) is 2.08. The van der Waals surface area contributed by atoms with Crippen LogP contribution in [0.4, 0.5) is 0 Å². The van der Waals surface area contributed by atoms with Gasteiger partial charge in [-0.2, -0.15) is 5.26 Å². The van der Waals surface area contributed by atoms with E-state index in [1.165, 1.54) is 0 Å². The third-order valence-electron chi connectivity index (χ3n) is 3.05. The zero-order chi connectivity index (χ0) is 13.7. The third kappa shape index (κ3) is 3.57. The first kappa shape index (κ1) is 13.6. The summed E-state index contributed by atoms with van der Waals surface area (Å²) in [6.45, 7) is 2.05. The summed E-state index contributed by atoms with van der Waals surface area (Å²) in [6, 6.07) is 19.5. The molecule has 0 bridgehead atoms. The average Bonchev–Trinajstić information content (AvgIpc) is 2.46. The first-order valence-corrected chi connectivity index (χ1v) is 6.54. The van der Waals surface area contributed by atoms with Crippen molar-refractivity contribution in [3.8, 4) is 6.07 Å². The van der Waals surface area contributed by atoms with Crippen LogP contribution in [0.5, 0.6) is 0 Å². The summed E-state index contributed by atoms with van der Waals surface area (Å²) in [5.41, 5.74) is 2.09. The minimum absolute atomic E-state index is 0.113. The summed E-state index contributed by atoms with van der Waals surface area (Å²) in [5, 5.41) is 13.3. The highest BCUT2D eigenvalue weighted by Gasteiger charge is 2.14. The Bertz CT molecular complexity index is 558. The third-order valence-corrected chi connectivity index (χ3v) is 3.30. The van der Waals surface area contributed by atoms with Crippen LogP contribution in [0.1, 0.15) is 30.1 Å². The lowest BCUT2D eigenvalue weighted by atomic mass is 10.0. The normalized spacial score (nSPS) is 13.5. The second-order valence-corrected chi connectivity index (χ2v) is 4.85. The smallest absolute Gasteiger partial charge is 0.121 e. The maximum absolute atomic E-state index is 9.30. The Balaban J connectivity index is 2.12. The van der Waals surface area contributed by atoms with Gasteiger partial charge in [-0.3, -0.25) is 5.32 Å². The van der Waals surface area contributed by atoms with Crippen molar-refractivity contribution in [2.24, 2.45) is 0 Å². The zero-order valence-electron chi connectivity index (χ0n) is 10.7. The molecule has 0 saturated heterocycles. The van der Waals surface area contributed by atoms with Gasteiger partial charge in [0.05, 0.1) is 6.07 Å². The molecule has 2 aromatic carbocycles. The Kier molecular flexibility index (Phi) is 4.57. The Morgan fingerprint density at radius 2 is 1.63 bits per heavy atom. The van der Waals surface area contributed by atoms with Crippen molar-refractivity contribution in [3.63, 3.8) is 0 Å². The van der Waals surface area contributed by atoms with E-state index in [1.807, 2.05) is 42.5 Å². The molecule has 2 atom stereocenters. The van der Waals surface area contributed by atoms with E-state index in [1.54, 1.807) is 12.1 Å². The number of nitrogens with zero attached hydrogens (tertiary/aromatic N) is 1. The van der Waals surface area contributed by atoms with Gasteiger partial charge in [0.25, 0.3) is 0 Å². The number of nitriles is 1. The van der Waals surface area contributed by atoms with Crippen LogP contribution in [0, 0.1) is 11.3 Å². The maximum Gasteiger partial charge on any atom is 0.121 e. The minimum Gasteiger partial charge on any atom is -0.292 e. The highest BCUT2D eigenvalue weighted by molar-refractivity contribution is 6.30. The molecular weight excluding hydrogens is 256 g/mol. The van der Waals surface area contributed by atoms with Gasteiger partial charge in [0.2, 0.25) is 0 Å². The van der Waals surface area contributed by atoms with Gasteiger partial charge in [-0.05, 0) is 30.2 Å². The number of hydrogen-bond donors (Lipinski definition) is 1. The quantitative estimate of drug-likeness (QED) is 0.901. The topological polar surface area (TPSA) is 35.8 Å². The monoisotopic (exact) mass is 270 g/mol. The SMILES string of the molecule is CC(NC(C#N)c1ccc(Cl)cc1)c1ccccc1. The predicted octanol–water partition coefficient (Wildman–Crippen LogP) is 4.26. The molecule has 0 heterocycles. The molecule has 0 aliphatic rings. The van der Waals surface area contributed by atoms with Crippen molar-refractivity contribution in [2.45, 2.75) is 19.0 Å². The molecule has 19 heavy (non-hydrogen) atoms. The summed E-state index contributed by atoms with van der Waals surface area (Å²) < 4.78 is 0. The van der Waals surface area contributed by atoms with Gasteiger partial charge < -0.3 is 0 Å². The van der Waals surface area contributed by atoms with E-state index in [0.29, 0.717) is 5.02 Å². The van der Waals surface area contributed by atoms with Crippen LogP contribution < -0.4 is 5.32 Å². The van der Waals surface area contributed by atoms with E-state index < -0.39 is 0 Å². The lowest BCUT2D eigenvalue weighted by molar-refractivity contribution is 0.533. The van der Waals surface area contributed by atoms with Gasteiger partial charge in [0.1, 0.15) is 6.04 Å². The van der Waals surface area contributed by atoms with E-state index in [2.05, 4.69) is 18.3 Å². The van der Waals surface area contributed by atoms with E-state index in [9.17, 15) is 5.26 Å². The van der Waals surface area contributed by atoms with Crippen LogP contribution in [-0.2, 0) is 0 Å². The molecule has 0 fully saturated rings. The number of benzene rings is 2. The lowest BCUT2D eigenvalue weighted by Crippen LogP contribution is -2.23. The number of nitrogens with one attached hydrogen (secondary N) is 1. The molecule has 1 N–H and O–H groups in total. The Labute approximate surface area is 118 Å². The highest BCUT2D eigenvalue weighted by Crippen LogP contribution is 2.20. The van der Waals surface area contributed by atoms with Gasteiger partial charge in [0.15, 0.2) is 0 Å². The van der Waals surface area contributed by atoms with Gasteiger partial charge >= 0.3 is 0 Å². The number of halogens is 1. The summed E-state index contributed by atoms with van der Waals surface area (Å²) in [7, 11) is 0.